The molecule has 1 nitrogen and oxygen atoms in total. The summed E-state index contributed by atoms with van der Waals surface area (Å²) < 4.78 is 6.10. The van der Waals surface area contributed by atoms with E-state index >= 15 is 0 Å². The highest BCUT2D eigenvalue weighted by molar-refractivity contribution is 9.10. The van der Waals surface area contributed by atoms with Crippen LogP contribution in [-0.2, 0) is 6.42 Å². The molecule has 0 saturated heterocycles. The molecule has 0 spiro atoms. The van der Waals surface area contributed by atoms with E-state index < -0.39 is 0 Å². The fraction of sp³-hybridized carbons (Fsp3) is 0.692. The Morgan fingerprint density at radius 2 is 1.73 bits per heavy atom. The third-order valence-electron chi connectivity index (χ3n) is 2.74. The number of unbranched alkanes of at least 4 members (excludes halogenated alkanes) is 6. The fourth-order valence-corrected chi connectivity index (χ4v) is 2.21. The van der Waals surface area contributed by atoms with Gasteiger partial charge in [0.1, 0.15) is 0 Å². The first-order valence-corrected chi connectivity index (χ1v) is 6.85. The molecule has 0 unspecified atom stereocenters. The third-order valence-corrected chi connectivity index (χ3v) is 3.44. The SMILES string of the molecule is CCCCCCCCCc1ccoc1Br. The number of rotatable bonds is 8. The summed E-state index contributed by atoms with van der Waals surface area (Å²) in [6.07, 6.45) is 12.5. The van der Waals surface area contributed by atoms with Crippen molar-refractivity contribution in [3.05, 3.63) is 22.6 Å². The third kappa shape index (κ3) is 5.41. The smallest absolute Gasteiger partial charge is 0.172 e. The van der Waals surface area contributed by atoms with Gasteiger partial charge in [0.05, 0.1) is 6.26 Å². The van der Waals surface area contributed by atoms with E-state index in [1.165, 1.54) is 50.5 Å². The van der Waals surface area contributed by atoms with Gasteiger partial charge in [-0.2, -0.15) is 0 Å². The molecule has 86 valence electrons. The van der Waals surface area contributed by atoms with Crippen LogP contribution in [0.25, 0.3) is 0 Å². The van der Waals surface area contributed by atoms with Crippen LogP contribution in [0.3, 0.4) is 0 Å². The maximum Gasteiger partial charge on any atom is 0.172 e. The first-order valence-electron chi connectivity index (χ1n) is 6.06. The van der Waals surface area contributed by atoms with Gasteiger partial charge in [-0.15, -0.1) is 0 Å². The molecule has 0 bridgehead atoms. The summed E-state index contributed by atoms with van der Waals surface area (Å²) in [5, 5.41) is 0. The first-order chi connectivity index (χ1) is 7.34. The molecule has 0 atom stereocenters. The van der Waals surface area contributed by atoms with Crippen LogP contribution >= 0.6 is 15.9 Å². The van der Waals surface area contributed by atoms with Crippen molar-refractivity contribution in [2.75, 3.05) is 0 Å². The second-order valence-corrected chi connectivity index (χ2v) is 4.81. The van der Waals surface area contributed by atoms with E-state index in [0.29, 0.717) is 0 Å². The van der Waals surface area contributed by atoms with Crippen molar-refractivity contribution in [1.82, 2.24) is 0 Å². The molecular weight excluding hydrogens is 252 g/mol. The van der Waals surface area contributed by atoms with E-state index in [1.54, 1.807) is 6.26 Å². The summed E-state index contributed by atoms with van der Waals surface area (Å²) >= 11 is 3.40. The van der Waals surface area contributed by atoms with Crippen LogP contribution in [0.15, 0.2) is 21.4 Å². The van der Waals surface area contributed by atoms with Gasteiger partial charge in [-0.25, -0.2) is 0 Å². The molecular formula is C13H21BrO. The average Bonchev–Trinajstić information content (AvgIpc) is 2.63. The Hall–Kier alpha value is -0.240. The largest absolute Gasteiger partial charge is 0.457 e. The highest BCUT2D eigenvalue weighted by atomic mass is 79.9. The molecule has 2 heteroatoms. The van der Waals surface area contributed by atoms with Crippen molar-refractivity contribution in [2.24, 2.45) is 0 Å². The summed E-state index contributed by atoms with van der Waals surface area (Å²) in [4.78, 5) is 0. The second kappa shape index (κ2) is 7.98. The lowest BCUT2D eigenvalue weighted by Crippen LogP contribution is -1.84. The van der Waals surface area contributed by atoms with Gasteiger partial charge in [0.25, 0.3) is 0 Å². The average molecular weight is 273 g/mol. The van der Waals surface area contributed by atoms with Gasteiger partial charge in [0, 0.05) is 5.56 Å². The normalized spacial score (nSPS) is 10.8. The molecule has 0 aromatic carbocycles. The predicted molar refractivity (Wildman–Crippen MR) is 68.1 cm³/mol. The number of furan rings is 1. The Bertz CT molecular complexity index is 255. The van der Waals surface area contributed by atoms with Crippen molar-refractivity contribution < 1.29 is 4.42 Å². The fourth-order valence-electron chi connectivity index (χ4n) is 1.77. The van der Waals surface area contributed by atoms with E-state index in [4.69, 9.17) is 4.42 Å². The molecule has 0 amide bonds. The van der Waals surface area contributed by atoms with Crippen molar-refractivity contribution in [3.63, 3.8) is 0 Å². The van der Waals surface area contributed by atoms with Gasteiger partial charge < -0.3 is 4.42 Å². The Labute approximate surface area is 101 Å². The lowest BCUT2D eigenvalue weighted by molar-refractivity contribution is 0.533. The zero-order valence-electron chi connectivity index (χ0n) is 9.60. The maximum absolute atomic E-state index is 5.19. The Kier molecular flexibility index (Phi) is 6.82. The van der Waals surface area contributed by atoms with Crippen LogP contribution < -0.4 is 0 Å². The van der Waals surface area contributed by atoms with E-state index in [2.05, 4.69) is 28.9 Å². The molecule has 0 radical (unpaired) electrons. The molecule has 0 aliphatic rings. The van der Waals surface area contributed by atoms with Gasteiger partial charge in [-0.3, -0.25) is 0 Å². The van der Waals surface area contributed by atoms with E-state index in [0.717, 1.165) is 11.1 Å². The predicted octanol–water partition coefficient (Wildman–Crippen LogP) is 5.34. The van der Waals surface area contributed by atoms with Gasteiger partial charge in [-0.1, -0.05) is 45.4 Å². The molecule has 0 N–H and O–H groups in total. The molecule has 0 fully saturated rings. The summed E-state index contributed by atoms with van der Waals surface area (Å²) in [6, 6.07) is 2.06. The number of halogens is 1. The maximum atomic E-state index is 5.19. The van der Waals surface area contributed by atoms with Gasteiger partial charge in [0.15, 0.2) is 4.67 Å². The van der Waals surface area contributed by atoms with Crippen molar-refractivity contribution >= 4 is 15.9 Å². The van der Waals surface area contributed by atoms with E-state index in [1.807, 2.05) is 0 Å². The standard InChI is InChI=1S/C13H21BrO/c1-2-3-4-5-6-7-8-9-12-10-11-15-13(12)14/h10-11H,2-9H2,1H3. The van der Waals surface area contributed by atoms with Crippen molar-refractivity contribution in [1.29, 1.82) is 0 Å². The molecule has 15 heavy (non-hydrogen) atoms. The summed E-state index contributed by atoms with van der Waals surface area (Å²) in [6.45, 7) is 2.26. The monoisotopic (exact) mass is 272 g/mol. The zero-order valence-corrected chi connectivity index (χ0v) is 11.2. The zero-order chi connectivity index (χ0) is 10.9. The van der Waals surface area contributed by atoms with E-state index in [9.17, 15) is 0 Å². The summed E-state index contributed by atoms with van der Waals surface area (Å²) in [5.74, 6) is 0. The molecule has 0 aliphatic carbocycles. The molecule has 1 heterocycles. The van der Waals surface area contributed by atoms with Crippen LogP contribution in [0.5, 0.6) is 0 Å². The van der Waals surface area contributed by atoms with Crippen LogP contribution in [0.1, 0.15) is 57.4 Å². The Balaban J connectivity index is 1.96. The minimum absolute atomic E-state index is 0.911. The van der Waals surface area contributed by atoms with E-state index in [-0.39, 0.29) is 0 Å². The van der Waals surface area contributed by atoms with Crippen LogP contribution in [0.4, 0.5) is 0 Å². The molecule has 0 saturated carbocycles. The number of aryl methyl sites for hydroxylation is 1. The van der Waals surface area contributed by atoms with Gasteiger partial charge >= 0.3 is 0 Å². The molecule has 1 rings (SSSR count). The lowest BCUT2D eigenvalue weighted by atomic mass is 10.1. The van der Waals surface area contributed by atoms with Crippen LogP contribution in [-0.4, -0.2) is 0 Å². The Morgan fingerprint density at radius 3 is 2.33 bits per heavy atom. The van der Waals surface area contributed by atoms with Crippen molar-refractivity contribution in [2.45, 2.75) is 58.3 Å². The molecule has 0 aliphatic heterocycles. The molecule has 1 aromatic heterocycles. The Morgan fingerprint density at radius 1 is 1.07 bits per heavy atom. The van der Waals surface area contributed by atoms with Gasteiger partial charge in [0.2, 0.25) is 0 Å². The van der Waals surface area contributed by atoms with Crippen LogP contribution in [0.2, 0.25) is 0 Å². The lowest BCUT2D eigenvalue weighted by Gasteiger charge is -2.00. The number of hydrogen-bond acceptors (Lipinski definition) is 1. The van der Waals surface area contributed by atoms with Gasteiger partial charge in [-0.05, 0) is 34.8 Å². The minimum Gasteiger partial charge on any atom is -0.457 e. The number of hydrogen-bond donors (Lipinski definition) is 0. The van der Waals surface area contributed by atoms with Crippen molar-refractivity contribution in [3.8, 4) is 0 Å². The molecule has 1 aromatic rings. The summed E-state index contributed by atoms with van der Waals surface area (Å²) in [7, 11) is 0. The first kappa shape index (κ1) is 12.8. The highest BCUT2D eigenvalue weighted by Gasteiger charge is 2.01. The van der Waals surface area contributed by atoms with Crippen LogP contribution in [0, 0.1) is 0 Å². The topological polar surface area (TPSA) is 13.1 Å². The summed E-state index contributed by atoms with van der Waals surface area (Å²) in [5.41, 5.74) is 1.31. The highest BCUT2D eigenvalue weighted by Crippen LogP contribution is 2.20. The minimum atomic E-state index is 0.911. The second-order valence-electron chi connectivity index (χ2n) is 4.09. The quantitative estimate of drug-likeness (QED) is 0.583.